The van der Waals surface area contributed by atoms with Crippen molar-refractivity contribution < 1.29 is 0 Å². The fourth-order valence-electron chi connectivity index (χ4n) is 1.41. The summed E-state index contributed by atoms with van der Waals surface area (Å²) in [5.74, 6) is 0. The van der Waals surface area contributed by atoms with Crippen LogP contribution in [0, 0.1) is 11.3 Å². The fraction of sp³-hybridized carbons (Fsp3) is 0.333. The number of fused-ring (bicyclic) bond motifs is 1. The highest BCUT2D eigenvalue weighted by molar-refractivity contribution is 6.75. The molecular formula is C9H11N5Si. The molecule has 0 unspecified atom stereocenters. The molecule has 15 heavy (non-hydrogen) atoms. The van der Waals surface area contributed by atoms with Gasteiger partial charge in [0.05, 0.1) is 6.33 Å². The van der Waals surface area contributed by atoms with Gasteiger partial charge in [0.15, 0.2) is 19.6 Å². The van der Waals surface area contributed by atoms with Gasteiger partial charge in [-0.25, -0.2) is 15.0 Å². The highest BCUT2D eigenvalue weighted by Gasteiger charge is 2.20. The summed E-state index contributed by atoms with van der Waals surface area (Å²) in [6.07, 6.45) is 3.17. The van der Waals surface area contributed by atoms with E-state index in [4.69, 9.17) is 5.26 Å². The van der Waals surface area contributed by atoms with Gasteiger partial charge in [0.1, 0.15) is 17.9 Å². The molecule has 0 aromatic carbocycles. The maximum Gasteiger partial charge on any atom is 0.171 e. The number of nitriles is 1. The Hall–Kier alpha value is -1.74. The van der Waals surface area contributed by atoms with Crippen molar-refractivity contribution in [3.8, 4) is 6.07 Å². The van der Waals surface area contributed by atoms with Gasteiger partial charge in [-0.3, -0.25) is 0 Å². The molecule has 0 radical (unpaired) electrons. The molecule has 5 nitrogen and oxygen atoms in total. The molecule has 0 N–H and O–H groups in total. The summed E-state index contributed by atoms with van der Waals surface area (Å²) in [5.41, 5.74) is 1.71. The Morgan fingerprint density at radius 1 is 1.27 bits per heavy atom. The van der Waals surface area contributed by atoms with Gasteiger partial charge in [-0.1, -0.05) is 19.6 Å². The standard InChI is InChI=1S/C9H11N5Si/c1-15(2,3)14-6-13-8-7(4-10)11-5-12-9(8)14/h5-6H,1-3H3. The summed E-state index contributed by atoms with van der Waals surface area (Å²) in [6, 6.07) is 2.02. The Balaban J connectivity index is 2.79. The lowest BCUT2D eigenvalue weighted by Crippen LogP contribution is -2.31. The number of rotatable bonds is 1. The van der Waals surface area contributed by atoms with Gasteiger partial charge in [-0.15, -0.1) is 0 Å². The lowest BCUT2D eigenvalue weighted by atomic mass is 10.4. The second kappa shape index (κ2) is 3.14. The summed E-state index contributed by atoms with van der Waals surface area (Å²) >= 11 is 0. The maximum atomic E-state index is 8.87. The van der Waals surface area contributed by atoms with E-state index < -0.39 is 8.24 Å². The number of aromatic nitrogens is 4. The van der Waals surface area contributed by atoms with Crippen LogP contribution >= 0.6 is 0 Å². The molecule has 0 saturated heterocycles. The number of hydrogen-bond donors (Lipinski definition) is 0. The Morgan fingerprint density at radius 3 is 2.60 bits per heavy atom. The minimum absolute atomic E-state index is 0.344. The van der Waals surface area contributed by atoms with Crippen LogP contribution in [0.5, 0.6) is 0 Å². The van der Waals surface area contributed by atoms with Crippen molar-refractivity contribution in [3.05, 3.63) is 18.3 Å². The van der Waals surface area contributed by atoms with Crippen molar-refractivity contribution in [3.63, 3.8) is 0 Å². The molecule has 6 heteroatoms. The zero-order valence-electron chi connectivity index (χ0n) is 8.89. The monoisotopic (exact) mass is 217 g/mol. The average Bonchev–Trinajstić information content (AvgIpc) is 2.59. The summed E-state index contributed by atoms with van der Waals surface area (Å²) in [4.78, 5) is 12.3. The van der Waals surface area contributed by atoms with E-state index in [1.54, 1.807) is 6.33 Å². The number of hydrogen-bond acceptors (Lipinski definition) is 4. The fourth-order valence-corrected chi connectivity index (χ4v) is 2.61. The average molecular weight is 217 g/mol. The second-order valence-electron chi connectivity index (χ2n) is 4.29. The molecule has 0 aliphatic heterocycles. The lowest BCUT2D eigenvalue weighted by Gasteiger charge is -2.17. The van der Waals surface area contributed by atoms with Crippen LogP contribution in [0.15, 0.2) is 12.7 Å². The quantitative estimate of drug-likeness (QED) is 0.677. The van der Waals surface area contributed by atoms with Gasteiger partial charge >= 0.3 is 0 Å². The van der Waals surface area contributed by atoms with E-state index in [1.807, 2.05) is 6.07 Å². The molecule has 0 aliphatic carbocycles. The normalized spacial score (nSPS) is 11.6. The van der Waals surface area contributed by atoms with Crippen molar-refractivity contribution in [1.82, 2.24) is 19.2 Å². The van der Waals surface area contributed by atoms with Crippen molar-refractivity contribution in [1.29, 1.82) is 5.26 Å². The topological polar surface area (TPSA) is 67.4 Å². The molecule has 0 aliphatic rings. The molecule has 0 bridgehead atoms. The van der Waals surface area contributed by atoms with E-state index in [-0.39, 0.29) is 0 Å². The summed E-state index contributed by atoms with van der Waals surface area (Å²) in [5, 5.41) is 8.87. The number of nitrogens with zero attached hydrogens (tertiary/aromatic N) is 5. The second-order valence-corrected chi connectivity index (χ2v) is 9.12. The van der Waals surface area contributed by atoms with E-state index in [2.05, 4.69) is 38.8 Å². The largest absolute Gasteiger partial charge is 0.344 e. The van der Waals surface area contributed by atoms with Crippen LogP contribution in [-0.2, 0) is 0 Å². The van der Waals surface area contributed by atoms with Gasteiger partial charge in [0.2, 0.25) is 0 Å². The third-order valence-corrected chi connectivity index (χ3v) is 3.93. The van der Waals surface area contributed by atoms with Crippen molar-refractivity contribution in [2.24, 2.45) is 0 Å². The van der Waals surface area contributed by atoms with Crippen molar-refractivity contribution in [2.75, 3.05) is 0 Å². The Morgan fingerprint density at radius 2 is 2.00 bits per heavy atom. The molecular weight excluding hydrogens is 206 g/mol. The smallest absolute Gasteiger partial charge is 0.171 e. The molecule has 0 fully saturated rings. The highest BCUT2D eigenvalue weighted by atomic mass is 28.3. The van der Waals surface area contributed by atoms with Crippen LogP contribution in [0.1, 0.15) is 5.69 Å². The molecule has 0 spiro atoms. The van der Waals surface area contributed by atoms with Gasteiger partial charge in [0, 0.05) is 0 Å². The third-order valence-electron chi connectivity index (χ3n) is 2.16. The molecule has 2 aromatic heterocycles. The summed E-state index contributed by atoms with van der Waals surface area (Å²) in [6.45, 7) is 6.59. The highest BCUT2D eigenvalue weighted by Crippen LogP contribution is 2.16. The lowest BCUT2D eigenvalue weighted by molar-refractivity contribution is 1.11. The zero-order chi connectivity index (χ0) is 11.1. The van der Waals surface area contributed by atoms with Gasteiger partial charge in [0.25, 0.3) is 0 Å². The van der Waals surface area contributed by atoms with Crippen LogP contribution < -0.4 is 0 Å². The van der Waals surface area contributed by atoms with E-state index in [0.717, 1.165) is 5.65 Å². The number of imidazole rings is 1. The van der Waals surface area contributed by atoms with Crippen LogP contribution in [0.3, 0.4) is 0 Å². The van der Waals surface area contributed by atoms with E-state index in [1.165, 1.54) is 6.33 Å². The molecule has 0 atom stereocenters. The summed E-state index contributed by atoms with van der Waals surface area (Å²) < 4.78 is 2.07. The van der Waals surface area contributed by atoms with E-state index in [0.29, 0.717) is 11.2 Å². The van der Waals surface area contributed by atoms with E-state index >= 15 is 0 Å². The predicted octanol–water partition coefficient (Wildman–Crippen LogP) is 1.38. The summed E-state index contributed by atoms with van der Waals surface area (Å²) in [7, 11) is -1.53. The molecule has 2 aromatic rings. The van der Waals surface area contributed by atoms with Crippen LogP contribution in [0.2, 0.25) is 19.6 Å². The third kappa shape index (κ3) is 1.51. The first-order valence-electron chi connectivity index (χ1n) is 4.62. The Kier molecular flexibility index (Phi) is 2.05. The molecule has 0 amide bonds. The first-order valence-corrected chi connectivity index (χ1v) is 8.07. The van der Waals surface area contributed by atoms with Crippen molar-refractivity contribution >= 4 is 19.4 Å². The van der Waals surface area contributed by atoms with Crippen molar-refractivity contribution in [2.45, 2.75) is 19.6 Å². The first-order chi connectivity index (χ1) is 7.04. The predicted molar refractivity (Wildman–Crippen MR) is 58.8 cm³/mol. The van der Waals surface area contributed by atoms with Gasteiger partial charge in [-0.2, -0.15) is 5.26 Å². The van der Waals surface area contributed by atoms with E-state index in [9.17, 15) is 0 Å². The molecule has 76 valence electrons. The SMILES string of the molecule is C[Si](C)(C)n1cnc2c(C#N)ncnc21. The zero-order valence-corrected chi connectivity index (χ0v) is 9.89. The Bertz CT molecular complexity index is 546. The van der Waals surface area contributed by atoms with Gasteiger partial charge in [-0.05, 0) is 0 Å². The van der Waals surface area contributed by atoms with Crippen LogP contribution in [-0.4, -0.2) is 27.4 Å². The molecule has 2 heterocycles. The minimum Gasteiger partial charge on any atom is -0.344 e. The van der Waals surface area contributed by atoms with Crippen LogP contribution in [0.4, 0.5) is 0 Å². The minimum atomic E-state index is -1.53. The Labute approximate surface area is 88.5 Å². The maximum absolute atomic E-state index is 8.87. The molecule has 2 rings (SSSR count). The first kappa shape index (κ1) is 9.80. The van der Waals surface area contributed by atoms with Crippen LogP contribution in [0.25, 0.3) is 11.2 Å². The van der Waals surface area contributed by atoms with Gasteiger partial charge < -0.3 is 4.23 Å². The molecule has 0 saturated carbocycles.